The number of hydrogen-bond donors (Lipinski definition) is 0. The molecule has 2 saturated heterocycles. The van der Waals surface area contributed by atoms with Gasteiger partial charge in [-0.05, 0) is 44.0 Å². The van der Waals surface area contributed by atoms with E-state index in [4.69, 9.17) is 9.47 Å². The molecule has 2 aliphatic rings. The van der Waals surface area contributed by atoms with Gasteiger partial charge in [0.25, 0.3) is 0 Å². The van der Waals surface area contributed by atoms with Gasteiger partial charge in [-0.2, -0.15) is 0 Å². The Morgan fingerprint density at radius 3 is 2.62 bits per heavy atom. The van der Waals surface area contributed by atoms with Gasteiger partial charge in [0, 0.05) is 25.3 Å². The van der Waals surface area contributed by atoms with Gasteiger partial charge in [-0.1, -0.05) is 0 Å². The van der Waals surface area contributed by atoms with Gasteiger partial charge < -0.3 is 19.3 Å². The highest BCUT2D eigenvalue weighted by Gasteiger charge is 2.33. The molecule has 0 aliphatic carbocycles. The molecule has 1 aromatic carbocycles. The Labute approximate surface area is 185 Å². The second-order valence-corrected chi connectivity index (χ2v) is 7.69. The highest BCUT2D eigenvalue weighted by Crippen LogP contribution is 2.24. The molecule has 2 aromatic rings. The lowest BCUT2D eigenvalue weighted by Gasteiger charge is -2.33. The van der Waals surface area contributed by atoms with Crippen molar-refractivity contribution in [3.05, 3.63) is 42.5 Å². The summed E-state index contributed by atoms with van der Waals surface area (Å²) in [5, 5.41) is 0. The molecular weight excluding hydrogens is 417 g/mol. The number of halogens is 1. The van der Waals surface area contributed by atoms with Gasteiger partial charge in [-0.3, -0.25) is 9.69 Å². The van der Waals surface area contributed by atoms with Crippen LogP contribution in [0.5, 0.6) is 11.8 Å². The molecule has 32 heavy (non-hydrogen) atoms. The number of benzene rings is 1. The Bertz CT molecular complexity index is 940. The molecule has 3 amide bonds. The molecule has 0 saturated carbocycles. The third-order valence-corrected chi connectivity index (χ3v) is 5.48. The van der Waals surface area contributed by atoms with E-state index in [1.54, 1.807) is 14.7 Å². The molecule has 170 valence electrons. The molecule has 4 rings (SSSR count). The SMILES string of the molecule is CCOc1ccc(N2CCN(CC(=O)N3CCC[C@@H](Oc4ncc(F)cn4)C3)C2=O)cc1. The maximum absolute atomic E-state index is 13.0. The Kier molecular flexibility index (Phi) is 6.67. The van der Waals surface area contributed by atoms with Crippen molar-refractivity contribution < 1.29 is 23.5 Å². The first-order valence-electron chi connectivity index (χ1n) is 10.7. The van der Waals surface area contributed by atoms with Crippen LogP contribution in [0.15, 0.2) is 36.7 Å². The molecule has 1 aromatic heterocycles. The van der Waals surface area contributed by atoms with Gasteiger partial charge in [0.15, 0.2) is 5.82 Å². The summed E-state index contributed by atoms with van der Waals surface area (Å²) in [6.45, 7) is 4.50. The maximum atomic E-state index is 13.0. The van der Waals surface area contributed by atoms with E-state index < -0.39 is 5.82 Å². The van der Waals surface area contributed by atoms with Gasteiger partial charge in [-0.15, -0.1) is 0 Å². The summed E-state index contributed by atoms with van der Waals surface area (Å²) in [6.07, 6.45) is 3.34. The molecule has 3 heterocycles. The summed E-state index contributed by atoms with van der Waals surface area (Å²) < 4.78 is 24.1. The van der Waals surface area contributed by atoms with Crippen LogP contribution in [0.3, 0.4) is 0 Å². The number of nitrogens with zero attached hydrogens (tertiary/aromatic N) is 5. The van der Waals surface area contributed by atoms with E-state index in [2.05, 4.69) is 9.97 Å². The molecule has 10 heteroatoms. The summed E-state index contributed by atoms with van der Waals surface area (Å²) in [6, 6.07) is 7.26. The fourth-order valence-corrected chi connectivity index (χ4v) is 3.89. The molecule has 0 N–H and O–H groups in total. The van der Waals surface area contributed by atoms with Crippen LogP contribution in [0, 0.1) is 5.82 Å². The number of piperidine rings is 1. The average Bonchev–Trinajstić information content (AvgIpc) is 3.16. The van der Waals surface area contributed by atoms with Crippen molar-refractivity contribution in [2.75, 3.05) is 44.2 Å². The van der Waals surface area contributed by atoms with E-state index in [1.807, 2.05) is 31.2 Å². The molecular formula is C22H26FN5O4. The number of urea groups is 1. The van der Waals surface area contributed by atoms with Crippen molar-refractivity contribution in [1.82, 2.24) is 19.8 Å². The van der Waals surface area contributed by atoms with E-state index in [9.17, 15) is 14.0 Å². The lowest BCUT2D eigenvalue weighted by Crippen LogP contribution is -2.48. The summed E-state index contributed by atoms with van der Waals surface area (Å²) in [5.74, 6) is 0.0930. The first-order valence-corrected chi connectivity index (χ1v) is 10.7. The highest BCUT2D eigenvalue weighted by atomic mass is 19.1. The third kappa shape index (κ3) is 5.06. The van der Waals surface area contributed by atoms with Crippen LogP contribution in [0.4, 0.5) is 14.9 Å². The number of aromatic nitrogens is 2. The summed E-state index contributed by atoms with van der Waals surface area (Å²) in [5.41, 5.74) is 0.777. The Morgan fingerprint density at radius 2 is 1.91 bits per heavy atom. The molecule has 0 bridgehead atoms. The minimum Gasteiger partial charge on any atom is -0.494 e. The van der Waals surface area contributed by atoms with Crippen LogP contribution in [0.1, 0.15) is 19.8 Å². The number of likely N-dealkylation sites (tertiary alicyclic amines) is 1. The number of rotatable bonds is 7. The average molecular weight is 443 g/mol. The van der Waals surface area contributed by atoms with Gasteiger partial charge >= 0.3 is 12.0 Å². The van der Waals surface area contributed by atoms with Gasteiger partial charge in [-0.25, -0.2) is 19.2 Å². The molecule has 2 aliphatic heterocycles. The third-order valence-electron chi connectivity index (χ3n) is 5.48. The molecule has 0 radical (unpaired) electrons. The lowest BCUT2D eigenvalue weighted by atomic mass is 10.1. The monoisotopic (exact) mass is 443 g/mol. The zero-order valence-electron chi connectivity index (χ0n) is 17.9. The van der Waals surface area contributed by atoms with E-state index in [1.165, 1.54) is 0 Å². The van der Waals surface area contributed by atoms with Crippen LogP contribution < -0.4 is 14.4 Å². The van der Waals surface area contributed by atoms with Crippen molar-refractivity contribution >= 4 is 17.6 Å². The normalized spacial score (nSPS) is 18.8. The number of ether oxygens (including phenoxy) is 2. The summed E-state index contributed by atoms with van der Waals surface area (Å²) in [7, 11) is 0. The van der Waals surface area contributed by atoms with Crippen LogP contribution >= 0.6 is 0 Å². The van der Waals surface area contributed by atoms with E-state index in [0.717, 1.165) is 36.7 Å². The second kappa shape index (κ2) is 9.80. The largest absolute Gasteiger partial charge is 0.494 e. The minimum absolute atomic E-state index is 0.0200. The summed E-state index contributed by atoms with van der Waals surface area (Å²) >= 11 is 0. The van der Waals surface area contributed by atoms with Gasteiger partial charge in [0.05, 0.1) is 25.5 Å². The Balaban J connectivity index is 1.31. The molecule has 9 nitrogen and oxygen atoms in total. The molecule has 1 atom stereocenters. The Morgan fingerprint density at radius 1 is 1.16 bits per heavy atom. The zero-order chi connectivity index (χ0) is 22.5. The van der Waals surface area contributed by atoms with Crippen LogP contribution in [0.25, 0.3) is 0 Å². The quantitative estimate of drug-likeness (QED) is 0.653. The van der Waals surface area contributed by atoms with E-state index >= 15 is 0 Å². The lowest BCUT2D eigenvalue weighted by molar-refractivity contribution is -0.134. The van der Waals surface area contributed by atoms with Crippen LogP contribution in [-0.4, -0.2) is 77.1 Å². The van der Waals surface area contributed by atoms with E-state index in [-0.39, 0.29) is 30.6 Å². The van der Waals surface area contributed by atoms with Gasteiger partial charge in [0.2, 0.25) is 5.91 Å². The van der Waals surface area contributed by atoms with Crippen LogP contribution in [-0.2, 0) is 4.79 Å². The maximum Gasteiger partial charge on any atom is 0.325 e. The number of hydrogen-bond acceptors (Lipinski definition) is 6. The second-order valence-electron chi connectivity index (χ2n) is 7.69. The molecule has 2 fully saturated rings. The van der Waals surface area contributed by atoms with Crippen molar-refractivity contribution in [2.24, 2.45) is 0 Å². The number of carbonyl (C=O) groups excluding carboxylic acids is 2. The highest BCUT2D eigenvalue weighted by molar-refractivity contribution is 5.96. The topological polar surface area (TPSA) is 88.1 Å². The minimum atomic E-state index is -0.535. The summed E-state index contributed by atoms with van der Waals surface area (Å²) in [4.78, 5) is 38.3. The number of carbonyl (C=O) groups is 2. The smallest absolute Gasteiger partial charge is 0.325 e. The predicted molar refractivity (Wildman–Crippen MR) is 114 cm³/mol. The molecule has 0 unspecified atom stereocenters. The first-order chi connectivity index (χ1) is 15.5. The van der Waals surface area contributed by atoms with Crippen molar-refractivity contribution in [1.29, 1.82) is 0 Å². The fourth-order valence-electron chi connectivity index (χ4n) is 3.89. The fraction of sp³-hybridized carbons (Fsp3) is 0.455. The van der Waals surface area contributed by atoms with E-state index in [0.29, 0.717) is 32.8 Å². The van der Waals surface area contributed by atoms with Crippen molar-refractivity contribution in [3.8, 4) is 11.8 Å². The number of amides is 3. The van der Waals surface area contributed by atoms with Gasteiger partial charge in [0.1, 0.15) is 18.4 Å². The number of anilines is 1. The predicted octanol–water partition coefficient (Wildman–Crippen LogP) is 2.33. The standard InChI is InChI=1S/C22H26FN5O4/c1-2-31-18-7-5-17(6-8-18)28-11-10-27(22(28)30)15-20(29)26-9-3-4-19(14-26)32-21-24-12-16(23)13-25-21/h5-8,12-13,19H,2-4,9-11,14-15H2,1H3/t19-/m1/s1. The molecule has 0 spiro atoms. The zero-order valence-corrected chi connectivity index (χ0v) is 17.9. The van der Waals surface area contributed by atoms with Crippen molar-refractivity contribution in [2.45, 2.75) is 25.9 Å². The van der Waals surface area contributed by atoms with Crippen molar-refractivity contribution in [3.63, 3.8) is 0 Å². The Hall–Kier alpha value is -3.43. The van der Waals surface area contributed by atoms with Crippen LogP contribution in [0.2, 0.25) is 0 Å². The first kappa shape index (κ1) is 21.8.